The Hall–Kier alpha value is -1.87. The molecule has 0 unspecified atom stereocenters. The quantitative estimate of drug-likeness (QED) is 0.816. The van der Waals surface area contributed by atoms with Crippen molar-refractivity contribution in [3.05, 3.63) is 59.7 Å². The average Bonchev–Trinajstić information content (AvgIpc) is 2.63. The SMILES string of the molecule is Cc1ccc(C2=NNC(=Nc3cccc(S(=O)(=O)N(C)C)c3)SC2)cc1.Cl. The molecule has 1 aliphatic heterocycles. The van der Waals surface area contributed by atoms with Crippen molar-refractivity contribution in [2.24, 2.45) is 10.1 Å². The van der Waals surface area contributed by atoms with Gasteiger partial charge in [0.2, 0.25) is 10.0 Å². The van der Waals surface area contributed by atoms with Crippen molar-refractivity contribution in [1.82, 2.24) is 9.73 Å². The monoisotopic (exact) mass is 424 g/mol. The number of nitrogens with one attached hydrogen (secondary N) is 1. The van der Waals surface area contributed by atoms with Crippen LogP contribution in [0, 0.1) is 6.92 Å². The average molecular weight is 425 g/mol. The molecule has 0 radical (unpaired) electrons. The largest absolute Gasteiger partial charge is 0.255 e. The molecule has 6 nitrogen and oxygen atoms in total. The molecule has 1 heterocycles. The van der Waals surface area contributed by atoms with Crippen LogP contribution in [0.4, 0.5) is 5.69 Å². The van der Waals surface area contributed by atoms with Crippen LogP contribution < -0.4 is 5.43 Å². The molecule has 144 valence electrons. The predicted octanol–water partition coefficient (Wildman–Crippen LogP) is 3.40. The second kappa shape index (κ2) is 8.88. The fourth-order valence-corrected chi connectivity index (χ4v) is 4.04. The van der Waals surface area contributed by atoms with Gasteiger partial charge in [0.05, 0.1) is 16.3 Å². The molecule has 2 aromatic rings. The van der Waals surface area contributed by atoms with Crippen molar-refractivity contribution in [3.63, 3.8) is 0 Å². The van der Waals surface area contributed by atoms with E-state index in [2.05, 4.69) is 34.6 Å². The number of hydrogen-bond donors (Lipinski definition) is 1. The Bertz CT molecular complexity index is 971. The molecular formula is C18H21ClN4O2S2. The number of aryl methyl sites for hydroxylation is 1. The molecule has 0 bridgehead atoms. The number of halogens is 1. The van der Waals surface area contributed by atoms with Gasteiger partial charge in [-0.1, -0.05) is 47.7 Å². The highest BCUT2D eigenvalue weighted by Crippen LogP contribution is 2.22. The Morgan fingerprint density at radius 1 is 1.15 bits per heavy atom. The Kier molecular flexibility index (Phi) is 7.05. The van der Waals surface area contributed by atoms with Crippen molar-refractivity contribution >= 4 is 50.8 Å². The highest BCUT2D eigenvalue weighted by molar-refractivity contribution is 8.14. The van der Waals surface area contributed by atoms with E-state index in [0.717, 1.165) is 11.3 Å². The molecule has 0 amide bonds. The van der Waals surface area contributed by atoms with Gasteiger partial charge in [0.15, 0.2) is 5.17 Å². The van der Waals surface area contributed by atoms with Crippen molar-refractivity contribution < 1.29 is 8.42 Å². The highest BCUT2D eigenvalue weighted by Gasteiger charge is 2.18. The standard InChI is InChI=1S/C18H20N4O2S2.ClH/c1-13-7-9-14(10-8-13)17-12-25-18(21-20-17)19-15-5-4-6-16(11-15)26(23,24)22(2)3;/h4-11H,12H2,1-3H3,(H,19,21);1H. The molecule has 2 aromatic carbocycles. The number of thioether (sulfide) groups is 1. The van der Waals surface area contributed by atoms with Crippen molar-refractivity contribution in [2.75, 3.05) is 19.8 Å². The van der Waals surface area contributed by atoms with E-state index in [1.807, 2.05) is 12.1 Å². The first-order chi connectivity index (χ1) is 12.4. The smallest absolute Gasteiger partial charge is 0.242 e. The molecule has 0 saturated heterocycles. The Balaban J connectivity index is 0.00000261. The van der Waals surface area contributed by atoms with Crippen LogP contribution >= 0.6 is 24.2 Å². The van der Waals surface area contributed by atoms with Crippen molar-refractivity contribution in [2.45, 2.75) is 11.8 Å². The maximum Gasteiger partial charge on any atom is 0.242 e. The molecule has 0 spiro atoms. The molecule has 0 saturated carbocycles. The molecule has 27 heavy (non-hydrogen) atoms. The zero-order valence-corrected chi connectivity index (χ0v) is 17.7. The van der Waals surface area contributed by atoms with Gasteiger partial charge in [-0.15, -0.1) is 12.4 Å². The minimum atomic E-state index is -3.48. The van der Waals surface area contributed by atoms with Gasteiger partial charge in [-0.25, -0.2) is 17.7 Å². The zero-order valence-electron chi connectivity index (χ0n) is 15.2. The third-order valence-corrected chi connectivity index (χ3v) is 6.53. The number of hydrazone groups is 1. The lowest BCUT2D eigenvalue weighted by molar-refractivity contribution is 0.521. The lowest BCUT2D eigenvalue weighted by Crippen LogP contribution is -2.25. The van der Waals surface area contributed by atoms with Gasteiger partial charge in [-0.2, -0.15) is 5.10 Å². The van der Waals surface area contributed by atoms with E-state index < -0.39 is 10.0 Å². The first kappa shape index (κ1) is 21.4. The second-order valence-corrected chi connectivity index (χ2v) is 9.14. The molecular weight excluding hydrogens is 404 g/mol. The molecule has 3 rings (SSSR count). The summed E-state index contributed by atoms with van der Waals surface area (Å²) in [5.41, 5.74) is 6.76. The van der Waals surface area contributed by atoms with Crippen LogP contribution in [0.1, 0.15) is 11.1 Å². The number of hydrogen-bond acceptors (Lipinski definition) is 5. The molecule has 0 aliphatic carbocycles. The Labute approximate surface area is 170 Å². The number of benzene rings is 2. The summed E-state index contributed by atoms with van der Waals surface area (Å²) < 4.78 is 25.7. The molecule has 0 aromatic heterocycles. The van der Waals surface area contributed by atoms with E-state index in [4.69, 9.17) is 0 Å². The Morgan fingerprint density at radius 2 is 1.85 bits per heavy atom. The molecule has 9 heteroatoms. The molecule has 1 N–H and O–H groups in total. The summed E-state index contributed by atoms with van der Waals surface area (Å²) in [6.45, 7) is 2.05. The maximum atomic E-state index is 12.2. The number of amidine groups is 1. The van der Waals surface area contributed by atoms with Gasteiger partial charge >= 0.3 is 0 Å². The first-order valence-corrected chi connectivity index (χ1v) is 10.4. The lowest BCUT2D eigenvalue weighted by Gasteiger charge is -2.15. The van der Waals surface area contributed by atoms with Gasteiger partial charge in [-0.3, -0.25) is 5.43 Å². The van der Waals surface area contributed by atoms with Crippen LogP contribution in [0.2, 0.25) is 0 Å². The number of nitrogens with zero attached hydrogens (tertiary/aromatic N) is 3. The van der Waals surface area contributed by atoms with E-state index in [1.54, 1.807) is 24.3 Å². The Morgan fingerprint density at radius 3 is 2.44 bits per heavy atom. The van der Waals surface area contributed by atoms with Gasteiger partial charge < -0.3 is 0 Å². The van der Waals surface area contributed by atoms with Crippen LogP contribution in [0.3, 0.4) is 0 Å². The van der Waals surface area contributed by atoms with Crippen molar-refractivity contribution in [1.29, 1.82) is 0 Å². The maximum absolute atomic E-state index is 12.2. The fraction of sp³-hybridized carbons (Fsp3) is 0.222. The summed E-state index contributed by atoms with van der Waals surface area (Å²) >= 11 is 1.53. The van der Waals surface area contributed by atoms with E-state index in [0.29, 0.717) is 16.6 Å². The summed E-state index contributed by atoms with van der Waals surface area (Å²) in [4.78, 5) is 4.69. The summed E-state index contributed by atoms with van der Waals surface area (Å²) in [5, 5.41) is 5.03. The highest BCUT2D eigenvalue weighted by atomic mass is 35.5. The third-order valence-electron chi connectivity index (χ3n) is 3.84. The van der Waals surface area contributed by atoms with Gasteiger partial charge in [-0.05, 0) is 30.7 Å². The summed E-state index contributed by atoms with van der Waals surface area (Å²) in [6.07, 6.45) is 0. The first-order valence-electron chi connectivity index (χ1n) is 8.00. The number of rotatable bonds is 4. The molecule has 1 aliphatic rings. The fourth-order valence-electron chi connectivity index (χ4n) is 2.31. The van der Waals surface area contributed by atoms with E-state index in [-0.39, 0.29) is 17.3 Å². The van der Waals surface area contributed by atoms with Gasteiger partial charge in [0, 0.05) is 19.8 Å². The van der Waals surface area contributed by atoms with Crippen LogP contribution in [0.25, 0.3) is 0 Å². The van der Waals surface area contributed by atoms with Crippen LogP contribution in [-0.2, 0) is 10.0 Å². The summed E-state index contributed by atoms with van der Waals surface area (Å²) in [5.74, 6) is 0.699. The molecule has 0 atom stereocenters. The summed E-state index contributed by atoms with van der Waals surface area (Å²) in [6, 6.07) is 14.8. The third kappa shape index (κ3) is 5.10. The number of aliphatic imine (C=N–C) groups is 1. The number of sulfonamides is 1. The van der Waals surface area contributed by atoms with Gasteiger partial charge in [0.25, 0.3) is 0 Å². The van der Waals surface area contributed by atoms with Crippen LogP contribution in [0.15, 0.2) is 63.5 Å². The predicted molar refractivity (Wildman–Crippen MR) is 115 cm³/mol. The van der Waals surface area contributed by atoms with E-state index in [9.17, 15) is 8.42 Å². The normalized spacial score (nSPS) is 15.9. The van der Waals surface area contributed by atoms with Crippen LogP contribution in [0.5, 0.6) is 0 Å². The minimum Gasteiger partial charge on any atom is -0.255 e. The molecule has 0 fully saturated rings. The van der Waals surface area contributed by atoms with E-state index in [1.165, 1.54) is 35.7 Å². The topological polar surface area (TPSA) is 74.1 Å². The van der Waals surface area contributed by atoms with Crippen LogP contribution in [-0.4, -0.2) is 43.5 Å². The second-order valence-electron chi connectivity index (χ2n) is 6.03. The van der Waals surface area contributed by atoms with Gasteiger partial charge in [0.1, 0.15) is 0 Å². The summed E-state index contributed by atoms with van der Waals surface area (Å²) in [7, 11) is -0.464. The van der Waals surface area contributed by atoms with Crippen molar-refractivity contribution in [3.8, 4) is 0 Å². The zero-order chi connectivity index (χ0) is 18.7. The minimum absolute atomic E-state index is 0. The lowest BCUT2D eigenvalue weighted by atomic mass is 10.1. The van der Waals surface area contributed by atoms with E-state index >= 15 is 0 Å².